The van der Waals surface area contributed by atoms with E-state index in [4.69, 9.17) is 9.47 Å². The van der Waals surface area contributed by atoms with Crippen molar-refractivity contribution in [3.63, 3.8) is 0 Å². The van der Waals surface area contributed by atoms with Crippen LogP contribution in [0.5, 0.6) is 5.88 Å². The Morgan fingerprint density at radius 2 is 2.11 bits per heavy atom. The van der Waals surface area contributed by atoms with Gasteiger partial charge in [0.25, 0.3) is 0 Å². The summed E-state index contributed by atoms with van der Waals surface area (Å²) in [6.07, 6.45) is 4.08. The highest BCUT2D eigenvalue weighted by atomic mass is 19.1. The highest BCUT2D eigenvalue weighted by Gasteiger charge is 2.46. The van der Waals surface area contributed by atoms with Crippen LogP contribution >= 0.6 is 0 Å². The highest BCUT2D eigenvalue weighted by molar-refractivity contribution is 5.33. The second kappa shape index (κ2) is 4.17. The average Bonchev–Trinajstić information content (AvgIpc) is 2.69. The lowest BCUT2D eigenvalue weighted by Gasteiger charge is -2.37. The third kappa shape index (κ3) is 1.87. The number of methoxy groups -OCH3 is 1. The number of hydrogen-bond donors (Lipinski definition) is 1. The Labute approximate surface area is 105 Å². The highest BCUT2D eigenvalue weighted by Crippen LogP contribution is 2.45. The molecule has 2 aliphatic rings. The molecule has 1 aromatic rings. The van der Waals surface area contributed by atoms with E-state index >= 15 is 0 Å². The van der Waals surface area contributed by atoms with Gasteiger partial charge in [-0.25, -0.2) is 9.37 Å². The fraction of sp³-hybridized carbons (Fsp3) is 0.615. The van der Waals surface area contributed by atoms with Crippen molar-refractivity contribution in [2.24, 2.45) is 0 Å². The maximum absolute atomic E-state index is 13.4. The van der Waals surface area contributed by atoms with Crippen LogP contribution in [0.4, 0.5) is 4.39 Å². The molecule has 2 unspecified atom stereocenters. The van der Waals surface area contributed by atoms with Crippen molar-refractivity contribution < 1.29 is 19.0 Å². The second-order valence-electron chi connectivity index (χ2n) is 5.11. The molecule has 2 saturated heterocycles. The van der Waals surface area contributed by atoms with Gasteiger partial charge in [-0.1, -0.05) is 0 Å². The van der Waals surface area contributed by atoms with Crippen LogP contribution in [-0.2, 0) is 10.3 Å². The summed E-state index contributed by atoms with van der Waals surface area (Å²) in [5.41, 5.74) is -0.657. The second-order valence-corrected chi connectivity index (χ2v) is 5.11. The zero-order valence-electron chi connectivity index (χ0n) is 10.2. The first-order valence-corrected chi connectivity index (χ1v) is 6.18. The summed E-state index contributed by atoms with van der Waals surface area (Å²) in [7, 11) is 1.47. The molecule has 0 saturated carbocycles. The van der Waals surface area contributed by atoms with Crippen molar-refractivity contribution in [3.05, 3.63) is 23.6 Å². The molecular weight excluding hydrogens is 237 g/mol. The van der Waals surface area contributed by atoms with Gasteiger partial charge in [-0.2, -0.15) is 0 Å². The number of ether oxygens (including phenoxy) is 2. The molecule has 0 amide bonds. The number of halogens is 1. The molecule has 3 rings (SSSR count). The molecule has 3 heterocycles. The van der Waals surface area contributed by atoms with Crippen LogP contribution in [0.3, 0.4) is 0 Å². The van der Waals surface area contributed by atoms with Crippen LogP contribution in [0, 0.1) is 5.82 Å². The first-order valence-electron chi connectivity index (χ1n) is 6.18. The monoisotopic (exact) mass is 253 g/mol. The SMILES string of the molecule is COc1ncc(F)cc1C1(O)CC2CCC(C1)O2. The van der Waals surface area contributed by atoms with Crippen molar-refractivity contribution in [2.75, 3.05) is 7.11 Å². The van der Waals surface area contributed by atoms with Crippen LogP contribution in [-0.4, -0.2) is 29.4 Å². The molecule has 2 aliphatic heterocycles. The third-order valence-corrected chi connectivity index (χ3v) is 3.84. The number of hydrogen-bond acceptors (Lipinski definition) is 4. The smallest absolute Gasteiger partial charge is 0.219 e. The molecule has 2 fully saturated rings. The van der Waals surface area contributed by atoms with Crippen molar-refractivity contribution in [3.8, 4) is 5.88 Å². The number of aromatic nitrogens is 1. The predicted molar refractivity (Wildman–Crippen MR) is 61.8 cm³/mol. The minimum Gasteiger partial charge on any atom is -0.481 e. The van der Waals surface area contributed by atoms with E-state index in [-0.39, 0.29) is 12.2 Å². The standard InChI is InChI=1S/C13H16FNO3/c1-17-12-11(4-8(14)7-15-12)13(16)5-9-2-3-10(6-13)18-9/h4,7,9-10,16H,2-3,5-6H2,1H3. The number of pyridine rings is 1. The Kier molecular flexibility index (Phi) is 2.75. The van der Waals surface area contributed by atoms with Gasteiger partial charge in [-0.15, -0.1) is 0 Å². The Morgan fingerprint density at radius 1 is 1.44 bits per heavy atom. The van der Waals surface area contributed by atoms with Gasteiger partial charge in [0, 0.05) is 18.4 Å². The van der Waals surface area contributed by atoms with E-state index in [9.17, 15) is 9.50 Å². The van der Waals surface area contributed by atoms with E-state index in [1.807, 2.05) is 0 Å². The first-order chi connectivity index (χ1) is 8.60. The lowest BCUT2D eigenvalue weighted by molar-refractivity contribution is -0.116. The van der Waals surface area contributed by atoms with Gasteiger partial charge in [0.05, 0.1) is 31.1 Å². The number of fused-ring (bicyclic) bond motifs is 2. The van der Waals surface area contributed by atoms with Gasteiger partial charge in [-0.05, 0) is 18.9 Å². The largest absolute Gasteiger partial charge is 0.481 e. The van der Waals surface area contributed by atoms with E-state index < -0.39 is 11.4 Å². The fourth-order valence-electron chi connectivity index (χ4n) is 3.06. The number of nitrogens with zero attached hydrogens (tertiary/aromatic N) is 1. The van der Waals surface area contributed by atoms with Gasteiger partial charge in [0.15, 0.2) is 0 Å². The van der Waals surface area contributed by atoms with Crippen LogP contribution in [0.25, 0.3) is 0 Å². The van der Waals surface area contributed by atoms with E-state index in [0.29, 0.717) is 24.3 Å². The van der Waals surface area contributed by atoms with Crippen LogP contribution in [0.15, 0.2) is 12.3 Å². The summed E-state index contributed by atoms with van der Waals surface area (Å²) >= 11 is 0. The number of aliphatic hydroxyl groups is 1. The molecule has 0 radical (unpaired) electrons. The molecule has 0 aromatic carbocycles. The van der Waals surface area contributed by atoms with Crippen LogP contribution in [0.2, 0.25) is 0 Å². The minimum atomic E-state index is -1.09. The van der Waals surface area contributed by atoms with Gasteiger partial charge in [0.2, 0.25) is 5.88 Å². The van der Waals surface area contributed by atoms with Crippen molar-refractivity contribution >= 4 is 0 Å². The van der Waals surface area contributed by atoms with Crippen molar-refractivity contribution in [2.45, 2.75) is 43.5 Å². The van der Waals surface area contributed by atoms with Gasteiger partial charge in [-0.3, -0.25) is 0 Å². The maximum atomic E-state index is 13.4. The zero-order valence-corrected chi connectivity index (χ0v) is 10.2. The molecule has 0 spiro atoms. The molecule has 98 valence electrons. The quantitative estimate of drug-likeness (QED) is 0.872. The van der Waals surface area contributed by atoms with Gasteiger partial charge in [0.1, 0.15) is 5.82 Å². The van der Waals surface area contributed by atoms with Gasteiger partial charge >= 0.3 is 0 Å². The summed E-state index contributed by atoms with van der Waals surface area (Å²) in [4.78, 5) is 3.89. The average molecular weight is 253 g/mol. The van der Waals surface area contributed by atoms with Crippen molar-refractivity contribution in [1.82, 2.24) is 4.98 Å². The fourth-order valence-corrected chi connectivity index (χ4v) is 3.06. The molecule has 2 bridgehead atoms. The lowest BCUT2D eigenvalue weighted by atomic mass is 9.84. The van der Waals surface area contributed by atoms with Crippen LogP contribution in [0.1, 0.15) is 31.2 Å². The molecule has 5 heteroatoms. The molecule has 0 aliphatic carbocycles. The molecule has 18 heavy (non-hydrogen) atoms. The predicted octanol–water partition coefficient (Wildman–Crippen LogP) is 1.76. The lowest BCUT2D eigenvalue weighted by Crippen LogP contribution is -2.39. The van der Waals surface area contributed by atoms with E-state index in [1.165, 1.54) is 13.2 Å². The zero-order chi connectivity index (χ0) is 12.8. The Hall–Kier alpha value is -1.20. The summed E-state index contributed by atoms with van der Waals surface area (Å²) in [6, 6.07) is 1.32. The van der Waals surface area contributed by atoms with Crippen molar-refractivity contribution in [1.29, 1.82) is 0 Å². The normalized spacial score (nSPS) is 34.6. The Balaban J connectivity index is 2.00. The summed E-state index contributed by atoms with van der Waals surface area (Å²) in [5.74, 6) is -0.168. The molecule has 1 N–H and O–H groups in total. The van der Waals surface area contributed by atoms with E-state index in [0.717, 1.165) is 19.0 Å². The summed E-state index contributed by atoms with van der Waals surface area (Å²) in [6.45, 7) is 0. The van der Waals surface area contributed by atoms with Crippen LogP contribution < -0.4 is 4.74 Å². The Bertz CT molecular complexity index is 454. The maximum Gasteiger partial charge on any atom is 0.219 e. The molecule has 1 aromatic heterocycles. The molecular formula is C13H16FNO3. The topological polar surface area (TPSA) is 51.6 Å². The van der Waals surface area contributed by atoms with E-state index in [2.05, 4.69) is 4.98 Å². The molecule has 2 atom stereocenters. The van der Waals surface area contributed by atoms with E-state index in [1.54, 1.807) is 0 Å². The Morgan fingerprint density at radius 3 is 2.72 bits per heavy atom. The first kappa shape index (κ1) is 11.9. The summed E-state index contributed by atoms with van der Waals surface area (Å²) in [5, 5.41) is 10.8. The van der Waals surface area contributed by atoms with Gasteiger partial charge < -0.3 is 14.6 Å². The summed E-state index contributed by atoms with van der Waals surface area (Å²) < 4.78 is 24.2. The number of rotatable bonds is 2. The minimum absolute atomic E-state index is 0.0572. The third-order valence-electron chi connectivity index (χ3n) is 3.84. The molecule has 4 nitrogen and oxygen atoms in total.